The summed E-state index contributed by atoms with van der Waals surface area (Å²) in [5, 5.41) is 11.7. The number of hydrogen-bond acceptors (Lipinski definition) is 3. The Bertz CT molecular complexity index is 299. The topological polar surface area (TPSA) is 37.3 Å². The molecule has 0 spiro atoms. The van der Waals surface area contributed by atoms with Gasteiger partial charge in [-0.05, 0) is 37.8 Å². The maximum Gasteiger partial charge on any atom is 0.166 e. The fourth-order valence-electron chi connectivity index (χ4n) is 0.860. The third kappa shape index (κ3) is 1.57. The summed E-state index contributed by atoms with van der Waals surface area (Å²) in [4.78, 5) is 11.7. The van der Waals surface area contributed by atoms with Gasteiger partial charge in [0.05, 0.1) is 0 Å². The minimum atomic E-state index is -1.31. The number of thiophene rings is 1. The van der Waals surface area contributed by atoms with Crippen LogP contribution < -0.4 is 0 Å². The van der Waals surface area contributed by atoms with E-state index in [0.717, 1.165) is 5.56 Å². The molecule has 1 aromatic rings. The molecule has 1 atom stereocenters. The molecule has 1 unspecified atom stereocenters. The smallest absolute Gasteiger partial charge is 0.166 e. The number of Topliss-reactive ketones (excluding diaryl/α,β-unsaturated/α-hetero) is 1. The second-order valence-corrected chi connectivity index (χ2v) is 4.03. The first-order valence-electron chi connectivity index (χ1n) is 3.73. The highest BCUT2D eigenvalue weighted by atomic mass is 32.1. The average Bonchev–Trinajstić information content (AvgIpc) is 2.35. The zero-order chi connectivity index (χ0) is 9.35. The highest BCUT2D eigenvalue weighted by molar-refractivity contribution is 7.10. The van der Waals surface area contributed by atoms with Crippen LogP contribution >= 0.6 is 11.3 Å². The van der Waals surface area contributed by atoms with Crippen LogP contribution in [-0.4, -0.2) is 10.9 Å². The van der Waals surface area contributed by atoms with E-state index in [9.17, 15) is 9.90 Å². The Balaban J connectivity index is 3.05. The molecule has 0 bridgehead atoms. The van der Waals surface area contributed by atoms with Crippen molar-refractivity contribution in [2.45, 2.75) is 26.4 Å². The lowest BCUT2D eigenvalue weighted by atomic mass is 10.00. The molecule has 0 fully saturated rings. The van der Waals surface area contributed by atoms with Crippen LogP contribution in [0.1, 0.15) is 24.3 Å². The first-order chi connectivity index (χ1) is 5.44. The molecule has 0 amide bonds. The van der Waals surface area contributed by atoms with Gasteiger partial charge in [0.2, 0.25) is 0 Å². The van der Waals surface area contributed by atoms with E-state index in [2.05, 4.69) is 0 Å². The molecule has 66 valence electrons. The number of ketones is 1. The number of hydrogen-bond donors (Lipinski definition) is 1. The van der Waals surface area contributed by atoms with Crippen molar-refractivity contribution < 1.29 is 9.90 Å². The van der Waals surface area contributed by atoms with E-state index >= 15 is 0 Å². The molecule has 0 radical (unpaired) electrons. The summed E-state index contributed by atoms with van der Waals surface area (Å²) in [6, 6.07) is 1.84. The van der Waals surface area contributed by atoms with Crippen molar-refractivity contribution in [3.63, 3.8) is 0 Å². The Morgan fingerprint density at radius 2 is 2.25 bits per heavy atom. The van der Waals surface area contributed by atoms with Crippen molar-refractivity contribution in [1.29, 1.82) is 0 Å². The summed E-state index contributed by atoms with van der Waals surface area (Å²) in [5.41, 5.74) is -0.227. The van der Waals surface area contributed by atoms with Gasteiger partial charge in [-0.1, -0.05) is 0 Å². The van der Waals surface area contributed by atoms with Gasteiger partial charge in [0.1, 0.15) is 0 Å². The number of rotatable bonds is 2. The van der Waals surface area contributed by atoms with Crippen molar-refractivity contribution in [1.82, 2.24) is 0 Å². The summed E-state index contributed by atoms with van der Waals surface area (Å²) in [6.45, 7) is 4.87. The number of aliphatic hydroxyl groups is 1. The first kappa shape index (κ1) is 9.42. The standard InChI is InChI=1S/C9H12O2S/c1-6-4-8(12-5-6)9(3,11)7(2)10/h4-5,11H,1-3H3. The Morgan fingerprint density at radius 3 is 2.58 bits per heavy atom. The van der Waals surface area contributed by atoms with Crippen LogP contribution in [0.15, 0.2) is 11.4 Å². The van der Waals surface area contributed by atoms with Crippen LogP contribution in [0.5, 0.6) is 0 Å². The van der Waals surface area contributed by atoms with Crippen molar-refractivity contribution in [2.24, 2.45) is 0 Å². The lowest BCUT2D eigenvalue weighted by Gasteiger charge is -2.17. The SMILES string of the molecule is CC(=O)C(C)(O)c1cc(C)cs1. The quantitative estimate of drug-likeness (QED) is 0.761. The first-order valence-corrected chi connectivity index (χ1v) is 4.61. The van der Waals surface area contributed by atoms with Gasteiger partial charge in [0.25, 0.3) is 0 Å². The van der Waals surface area contributed by atoms with E-state index in [1.807, 2.05) is 18.4 Å². The molecule has 1 aromatic heterocycles. The average molecular weight is 184 g/mol. The molecule has 1 rings (SSSR count). The lowest BCUT2D eigenvalue weighted by Crippen LogP contribution is -2.28. The van der Waals surface area contributed by atoms with Gasteiger partial charge >= 0.3 is 0 Å². The largest absolute Gasteiger partial charge is 0.377 e. The Hall–Kier alpha value is -0.670. The minimum absolute atomic E-state index is 0.218. The Morgan fingerprint density at radius 1 is 1.67 bits per heavy atom. The maximum absolute atomic E-state index is 11.0. The number of aryl methyl sites for hydroxylation is 1. The van der Waals surface area contributed by atoms with Gasteiger partial charge in [0.15, 0.2) is 11.4 Å². The van der Waals surface area contributed by atoms with E-state index in [4.69, 9.17) is 0 Å². The van der Waals surface area contributed by atoms with E-state index in [0.29, 0.717) is 4.88 Å². The zero-order valence-electron chi connectivity index (χ0n) is 7.42. The summed E-state index contributed by atoms with van der Waals surface area (Å²) in [6.07, 6.45) is 0. The van der Waals surface area contributed by atoms with Gasteiger partial charge in [-0.2, -0.15) is 0 Å². The Labute approximate surface area is 75.9 Å². The Kier molecular flexibility index (Phi) is 2.35. The molecule has 1 heterocycles. The highest BCUT2D eigenvalue weighted by Crippen LogP contribution is 2.27. The zero-order valence-corrected chi connectivity index (χ0v) is 8.23. The van der Waals surface area contributed by atoms with Gasteiger partial charge in [0, 0.05) is 4.88 Å². The van der Waals surface area contributed by atoms with Gasteiger partial charge < -0.3 is 5.11 Å². The number of carbonyl (C=O) groups is 1. The van der Waals surface area contributed by atoms with Crippen LogP contribution in [-0.2, 0) is 10.4 Å². The molecule has 2 nitrogen and oxygen atoms in total. The van der Waals surface area contributed by atoms with Crippen molar-refractivity contribution in [2.75, 3.05) is 0 Å². The molecule has 0 saturated heterocycles. The van der Waals surface area contributed by atoms with Gasteiger partial charge in [-0.25, -0.2) is 0 Å². The predicted octanol–water partition coefficient (Wildman–Crippen LogP) is 1.85. The van der Waals surface area contributed by atoms with Gasteiger partial charge in [-0.15, -0.1) is 11.3 Å². The molecule has 0 aromatic carbocycles. The summed E-state index contributed by atoms with van der Waals surface area (Å²) in [5.74, 6) is -0.218. The van der Waals surface area contributed by atoms with Crippen molar-refractivity contribution in [3.05, 3.63) is 21.9 Å². The summed E-state index contributed by atoms with van der Waals surface area (Å²) in [7, 11) is 0. The summed E-state index contributed by atoms with van der Waals surface area (Å²) >= 11 is 1.41. The second kappa shape index (κ2) is 2.99. The molecular formula is C9H12O2S. The van der Waals surface area contributed by atoms with Crippen LogP contribution in [0.2, 0.25) is 0 Å². The van der Waals surface area contributed by atoms with E-state index in [1.165, 1.54) is 25.2 Å². The fraction of sp³-hybridized carbons (Fsp3) is 0.444. The van der Waals surface area contributed by atoms with E-state index in [1.54, 1.807) is 0 Å². The van der Waals surface area contributed by atoms with Gasteiger partial charge in [-0.3, -0.25) is 4.79 Å². The lowest BCUT2D eigenvalue weighted by molar-refractivity contribution is -0.133. The molecule has 0 aliphatic heterocycles. The van der Waals surface area contributed by atoms with E-state index in [-0.39, 0.29) is 5.78 Å². The molecule has 0 saturated carbocycles. The predicted molar refractivity (Wildman–Crippen MR) is 49.3 cm³/mol. The minimum Gasteiger partial charge on any atom is -0.377 e. The molecule has 0 aliphatic rings. The summed E-state index contributed by atoms with van der Waals surface area (Å²) < 4.78 is 0. The maximum atomic E-state index is 11.0. The van der Waals surface area contributed by atoms with E-state index < -0.39 is 5.60 Å². The molecule has 1 N–H and O–H groups in total. The normalized spacial score (nSPS) is 15.7. The van der Waals surface area contributed by atoms with Crippen LogP contribution in [0.3, 0.4) is 0 Å². The van der Waals surface area contributed by atoms with Crippen LogP contribution in [0.4, 0.5) is 0 Å². The second-order valence-electron chi connectivity index (χ2n) is 3.12. The molecular weight excluding hydrogens is 172 g/mol. The van der Waals surface area contributed by atoms with Crippen LogP contribution in [0, 0.1) is 6.92 Å². The third-order valence-electron chi connectivity index (χ3n) is 1.90. The highest BCUT2D eigenvalue weighted by Gasteiger charge is 2.29. The fourth-order valence-corrected chi connectivity index (χ4v) is 1.87. The monoisotopic (exact) mass is 184 g/mol. The van der Waals surface area contributed by atoms with Crippen LogP contribution in [0.25, 0.3) is 0 Å². The van der Waals surface area contributed by atoms with Crippen molar-refractivity contribution >= 4 is 17.1 Å². The molecule has 3 heteroatoms. The number of carbonyl (C=O) groups excluding carboxylic acids is 1. The van der Waals surface area contributed by atoms with Crippen molar-refractivity contribution in [3.8, 4) is 0 Å². The molecule has 12 heavy (non-hydrogen) atoms. The molecule has 0 aliphatic carbocycles. The third-order valence-corrected chi connectivity index (χ3v) is 3.15.